The molecule has 6 heteroatoms. The molecule has 3 heterocycles. The first-order valence-corrected chi connectivity index (χ1v) is 21.5. The molecule has 0 bridgehead atoms. The molecule has 0 unspecified atom stereocenters. The standard InChI is InChI=1S/C36H36NOS.C15H28O2.Ir/c1-20(2)15-32-22(4)27-14-13-25(18-33(27)39-32)29-19-31(37-34-21(3)23(5)38-35(29)34)26-16-24-11-9-10-12-28(24)30(17-26)36(6,7)8;1-7-14(5,8-2)12(16)11-13(17)15(6,9-3)10-4;/h9-14,17-20H,15H2,1-8H3;11,16H,7-10H2,1-6H3;/q-1;;/b;12-11-;. The summed E-state index contributed by atoms with van der Waals surface area (Å²) in [4.78, 5) is 18.8. The number of nitrogens with zero attached hydrogens (tertiary/aromatic N) is 1. The van der Waals surface area contributed by atoms with Crippen molar-refractivity contribution in [2.24, 2.45) is 16.7 Å². The van der Waals surface area contributed by atoms with E-state index in [9.17, 15) is 9.90 Å². The molecule has 0 atom stereocenters. The predicted octanol–water partition coefficient (Wildman–Crippen LogP) is 15.4. The van der Waals surface area contributed by atoms with Crippen LogP contribution >= 0.6 is 11.3 Å². The molecule has 1 radical (unpaired) electrons. The molecule has 4 nitrogen and oxygen atoms in total. The van der Waals surface area contributed by atoms with E-state index >= 15 is 0 Å². The third-order valence-corrected chi connectivity index (χ3v) is 13.8. The monoisotopic (exact) mass is 963 g/mol. The second-order valence-corrected chi connectivity index (χ2v) is 18.9. The van der Waals surface area contributed by atoms with Crippen molar-refractivity contribution < 1.29 is 34.4 Å². The minimum atomic E-state index is -0.337. The Morgan fingerprint density at radius 2 is 1.49 bits per heavy atom. The number of aliphatic hydroxyl groups excluding tert-OH is 1. The van der Waals surface area contributed by atoms with Crippen LogP contribution < -0.4 is 0 Å². The fraction of sp³-hybridized carbons (Fsp3) is 0.451. The van der Waals surface area contributed by atoms with Crippen molar-refractivity contribution in [1.82, 2.24) is 4.98 Å². The van der Waals surface area contributed by atoms with Crippen molar-refractivity contribution in [3.63, 3.8) is 0 Å². The van der Waals surface area contributed by atoms with E-state index in [1.165, 1.54) is 43.1 Å². The number of aliphatic hydroxyl groups is 1. The second-order valence-electron chi connectivity index (χ2n) is 17.8. The molecule has 6 rings (SSSR count). The molecule has 0 spiro atoms. The summed E-state index contributed by atoms with van der Waals surface area (Å²) < 4.78 is 7.68. The maximum Gasteiger partial charge on any atom is 0.164 e. The van der Waals surface area contributed by atoms with Crippen molar-refractivity contribution >= 4 is 49.1 Å². The van der Waals surface area contributed by atoms with Crippen molar-refractivity contribution in [1.29, 1.82) is 0 Å². The molecular formula is C51H64IrNO3S-. The van der Waals surface area contributed by atoms with Crippen molar-refractivity contribution in [3.05, 3.63) is 99.8 Å². The molecule has 0 amide bonds. The van der Waals surface area contributed by atoms with Crippen LogP contribution in [0.5, 0.6) is 0 Å². The van der Waals surface area contributed by atoms with E-state index in [2.05, 4.69) is 109 Å². The molecule has 0 aliphatic carbocycles. The third kappa shape index (κ3) is 9.51. The van der Waals surface area contributed by atoms with Gasteiger partial charge in [-0.3, -0.25) is 9.78 Å². The number of carbonyl (C=O) groups is 1. The van der Waals surface area contributed by atoms with Gasteiger partial charge in [-0.05, 0) is 86.8 Å². The first kappa shape index (κ1) is 46.1. The Morgan fingerprint density at radius 3 is 2.09 bits per heavy atom. The quantitative estimate of drug-likeness (QED) is 0.0798. The minimum Gasteiger partial charge on any atom is -0.512 e. The van der Waals surface area contributed by atoms with Crippen molar-refractivity contribution in [2.75, 3.05) is 0 Å². The van der Waals surface area contributed by atoms with Crippen LogP contribution in [0, 0.1) is 43.6 Å². The number of hydrogen-bond donors (Lipinski definition) is 1. The molecular weight excluding hydrogens is 899 g/mol. The summed E-state index contributed by atoms with van der Waals surface area (Å²) in [7, 11) is 0. The van der Waals surface area contributed by atoms with E-state index < -0.39 is 0 Å². The maximum absolute atomic E-state index is 12.2. The normalized spacial score (nSPS) is 12.6. The molecule has 0 saturated heterocycles. The Bertz CT molecular complexity index is 2400. The second kappa shape index (κ2) is 18.1. The molecule has 57 heavy (non-hydrogen) atoms. The summed E-state index contributed by atoms with van der Waals surface area (Å²) in [5.41, 5.74) is 9.21. The van der Waals surface area contributed by atoms with Gasteiger partial charge in [0.15, 0.2) is 11.4 Å². The molecule has 0 saturated carbocycles. The SMILES string of the molecule is CCC(C)(CC)C(=O)/C=C(\O)C(C)(CC)CC.Cc1oc2c(-c3ccc4c(C)c(CC(C)C)sc4c3)cc(-c3[c-]c4ccccc4c(C(C)(C)C)c3)nc2c1C.[Ir]. The van der Waals surface area contributed by atoms with Crippen LogP contribution in [0.1, 0.15) is 129 Å². The topological polar surface area (TPSA) is 63.3 Å². The predicted molar refractivity (Wildman–Crippen MR) is 241 cm³/mol. The number of aryl methyl sites for hydroxylation is 3. The zero-order valence-corrected chi connectivity index (χ0v) is 40.1. The smallest absolute Gasteiger partial charge is 0.164 e. The van der Waals surface area contributed by atoms with Crippen LogP contribution in [-0.4, -0.2) is 15.9 Å². The van der Waals surface area contributed by atoms with Gasteiger partial charge in [-0.2, -0.15) is 0 Å². The zero-order valence-electron chi connectivity index (χ0n) is 36.8. The van der Waals surface area contributed by atoms with Crippen LogP contribution in [-0.2, 0) is 36.7 Å². The molecule has 307 valence electrons. The molecule has 3 aromatic carbocycles. The fourth-order valence-corrected chi connectivity index (χ4v) is 8.78. The van der Waals surface area contributed by atoms with Gasteiger partial charge in [0.05, 0.1) is 0 Å². The van der Waals surface area contributed by atoms with Gasteiger partial charge in [0, 0.05) is 63.4 Å². The molecule has 0 fully saturated rings. The number of allylic oxidation sites excluding steroid dienone is 2. The first-order chi connectivity index (χ1) is 26.3. The van der Waals surface area contributed by atoms with Gasteiger partial charge < -0.3 is 9.52 Å². The summed E-state index contributed by atoms with van der Waals surface area (Å²) in [6.45, 7) is 29.9. The van der Waals surface area contributed by atoms with Gasteiger partial charge in [0.25, 0.3) is 0 Å². The van der Waals surface area contributed by atoms with Gasteiger partial charge >= 0.3 is 0 Å². The van der Waals surface area contributed by atoms with E-state index in [1.54, 1.807) is 0 Å². The molecule has 6 aromatic rings. The molecule has 3 aromatic heterocycles. The first-order valence-electron chi connectivity index (χ1n) is 20.6. The van der Waals surface area contributed by atoms with Gasteiger partial charge in [-0.1, -0.05) is 124 Å². The molecule has 0 aliphatic rings. The number of pyridine rings is 1. The van der Waals surface area contributed by atoms with E-state index in [1.807, 2.05) is 59.8 Å². The van der Waals surface area contributed by atoms with Gasteiger partial charge in [-0.25, -0.2) is 0 Å². The Balaban J connectivity index is 0.000000341. The number of ketones is 1. The van der Waals surface area contributed by atoms with E-state index in [4.69, 9.17) is 9.40 Å². The number of aromatic nitrogens is 1. The number of furan rings is 1. The van der Waals surface area contributed by atoms with Gasteiger partial charge in [0.1, 0.15) is 17.0 Å². The third-order valence-electron chi connectivity index (χ3n) is 12.5. The van der Waals surface area contributed by atoms with Crippen LogP contribution in [0.3, 0.4) is 0 Å². The summed E-state index contributed by atoms with van der Waals surface area (Å²) in [5, 5.41) is 13.9. The number of carbonyl (C=O) groups excluding carboxylic acids is 1. The van der Waals surface area contributed by atoms with Crippen LogP contribution in [0.25, 0.3) is 54.3 Å². The number of hydrogen-bond acceptors (Lipinski definition) is 5. The molecule has 1 N–H and O–H groups in total. The number of benzene rings is 3. The Labute approximate surface area is 359 Å². The largest absolute Gasteiger partial charge is 0.512 e. The van der Waals surface area contributed by atoms with E-state index in [0.717, 1.165) is 76.7 Å². The Hall–Kier alpha value is -3.57. The fourth-order valence-electron chi connectivity index (χ4n) is 7.32. The summed E-state index contributed by atoms with van der Waals surface area (Å²) in [5.74, 6) is 1.85. The van der Waals surface area contributed by atoms with Crippen LogP contribution in [0.2, 0.25) is 0 Å². The van der Waals surface area contributed by atoms with E-state index in [-0.39, 0.29) is 47.9 Å². The average molecular weight is 963 g/mol. The number of fused-ring (bicyclic) bond motifs is 3. The maximum atomic E-state index is 12.2. The zero-order chi connectivity index (χ0) is 41.3. The molecule has 0 aliphatic heterocycles. The average Bonchev–Trinajstić information content (AvgIpc) is 3.64. The number of rotatable bonds is 11. The van der Waals surface area contributed by atoms with Crippen LogP contribution in [0.15, 0.2) is 70.8 Å². The summed E-state index contributed by atoms with van der Waals surface area (Å²) >= 11 is 1.93. The van der Waals surface area contributed by atoms with Crippen LogP contribution in [0.4, 0.5) is 0 Å². The number of thiophene rings is 1. The van der Waals surface area contributed by atoms with Crippen molar-refractivity contribution in [3.8, 4) is 22.4 Å². The Morgan fingerprint density at radius 1 is 0.860 bits per heavy atom. The Kier molecular flexibility index (Phi) is 14.7. The van der Waals surface area contributed by atoms with Gasteiger partial charge in [0.2, 0.25) is 0 Å². The summed E-state index contributed by atoms with van der Waals surface area (Å²) in [6, 6.07) is 23.6. The van der Waals surface area contributed by atoms with E-state index in [0.29, 0.717) is 5.92 Å². The minimum absolute atomic E-state index is 0. The van der Waals surface area contributed by atoms with Gasteiger partial charge in [-0.15, -0.1) is 40.5 Å². The van der Waals surface area contributed by atoms with Crippen molar-refractivity contribution in [2.45, 2.75) is 134 Å². The summed E-state index contributed by atoms with van der Waals surface area (Å²) in [6.07, 6.45) is 5.87.